The van der Waals surface area contributed by atoms with Crippen LogP contribution < -0.4 is 5.14 Å². The topological polar surface area (TPSA) is 104 Å². The molecule has 1 aromatic rings. The Kier molecular flexibility index (Phi) is 6.15. The van der Waals surface area contributed by atoms with Gasteiger partial charge in [0.1, 0.15) is 5.38 Å². The average Bonchev–Trinajstić information content (AvgIpc) is 2.42. The Hall–Kier alpha value is -1.62. The van der Waals surface area contributed by atoms with E-state index in [0.29, 0.717) is 0 Å². The van der Waals surface area contributed by atoms with Crippen molar-refractivity contribution >= 4 is 27.5 Å². The number of carbonyl (C=O) groups excluding carboxylic acids is 1. The summed E-state index contributed by atoms with van der Waals surface area (Å²) in [7, 11) is -3.74. The molecule has 0 spiro atoms. The summed E-state index contributed by atoms with van der Waals surface area (Å²) in [6.45, 7) is 2.08. The molecule has 2 N–H and O–H groups in total. The zero-order valence-electron chi connectivity index (χ0n) is 11.5. The first-order valence-electron chi connectivity index (χ1n) is 6.17. The number of nitriles is 1. The van der Waals surface area contributed by atoms with E-state index in [1.165, 1.54) is 17.0 Å². The first-order valence-corrected chi connectivity index (χ1v) is 8.15. The Morgan fingerprint density at radius 1 is 1.43 bits per heavy atom. The van der Waals surface area contributed by atoms with Crippen LogP contribution in [0.4, 0.5) is 0 Å². The van der Waals surface area contributed by atoms with E-state index in [9.17, 15) is 13.2 Å². The molecule has 0 aliphatic heterocycles. The van der Waals surface area contributed by atoms with Crippen molar-refractivity contribution in [1.82, 2.24) is 4.90 Å². The second-order valence-corrected chi connectivity index (χ2v) is 6.69. The van der Waals surface area contributed by atoms with E-state index in [2.05, 4.69) is 0 Å². The molecule has 0 fully saturated rings. The summed E-state index contributed by atoms with van der Waals surface area (Å²) in [6.07, 6.45) is 0.199. The predicted octanol–water partition coefficient (Wildman–Crippen LogP) is 1.20. The SMILES string of the molecule is CC(Cl)C(=O)N(CCC#N)Cc1ccc(S(N)(=O)=O)cc1. The van der Waals surface area contributed by atoms with Crippen molar-refractivity contribution in [2.45, 2.75) is 30.2 Å². The van der Waals surface area contributed by atoms with Crippen molar-refractivity contribution in [3.05, 3.63) is 29.8 Å². The third-order valence-corrected chi connectivity index (χ3v) is 3.89. The van der Waals surface area contributed by atoms with Crippen LogP contribution in [0, 0.1) is 11.3 Å². The largest absolute Gasteiger partial charge is 0.336 e. The highest BCUT2D eigenvalue weighted by Crippen LogP contribution is 2.13. The number of amides is 1. The van der Waals surface area contributed by atoms with Crippen LogP contribution >= 0.6 is 11.6 Å². The van der Waals surface area contributed by atoms with Gasteiger partial charge < -0.3 is 4.90 Å². The molecule has 21 heavy (non-hydrogen) atoms. The highest BCUT2D eigenvalue weighted by Gasteiger charge is 2.18. The molecule has 6 nitrogen and oxygen atoms in total. The van der Waals surface area contributed by atoms with Crippen molar-refractivity contribution < 1.29 is 13.2 Å². The van der Waals surface area contributed by atoms with E-state index >= 15 is 0 Å². The van der Waals surface area contributed by atoms with E-state index in [0.717, 1.165) is 5.56 Å². The quantitative estimate of drug-likeness (QED) is 0.792. The minimum Gasteiger partial charge on any atom is -0.336 e. The van der Waals surface area contributed by atoms with Gasteiger partial charge in [-0.05, 0) is 24.6 Å². The first kappa shape index (κ1) is 17.4. The van der Waals surface area contributed by atoms with Crippen molar-refractivity contribution in [3.8, 4) is 6.07 Å². The van der Waals surface area contributed by atoms with Crippen LogP contribution in [0.25, 0.3) is 0 Å². The number of primary sulfonamides is 1. The summed E-state index contributed by atoms with van der Waals surface area (Å²) >= 11 is 5.78. The molecule has 0 aliphatic carbocycles. The molecule has 0 aromatic heterocycles. The number of sulfonamides is 1. The van der Waals surface area contributed by atoms with Crippen LogP contribution in [0.15, 0.2) is 29.2 Å². The van der Waals surface area contributed by atoms with Gasteiger partial charge in [-0.2, -0.15) is 5.26 Å². The second kappa shape index (κ2) is 7.41. The highest BCUT2D eigenvalue weighted by atomic mass is 35.5. The van der Waals surface area contributed by atoms with E-state index in [4.69, 9.17) is 22.0 Å². The standard InChI is InChI=1S/C13H16ClN3O3S/c1-10(14)13(18)17(8-2-7-15)9-11-3-5-12(6-4-11)21(16,19)20/h3-6,10H,2,8-9H2,1H3,(H2,16,19,20). The van der Waals surface area contributed by atoms with Crippen molar-refractivity contribution in [3.63, 3.8) is 0 Å². The molecular formula is C13H16ClN3O3S. The lowest BCUT2D eigenvalue weighted by Gasteiger charge is -2.23. The minimum absolute atomic E-state index is 0.00635. The molecule has 0 bridgehead atoms. The van der Waals surface area contributed by atoms with Crippen LogP contribution in [0.1, 0.15) is 18.9 Å². The van der Waals surface area contributed by atoms with Gasteiger partial charge in [-0.3, -0.25) is 4.79 Å². The van der Waals surface area contributed by atoms with Crippen molar-refractivity contribution in [2.24, 2.45) is 5.14 Å². The molecule has 1 rings (SSSR count). The fraction of sp³-hybridized carbons (Fsp3) is 0.385. The molecule has 1 aromatic carbocycles. The fourth-order valence-electron chi connectivity index (χ4n) is 1.71. The number of nitrogens with two attached hydrogens (primary N) is 1. The van der Waals surface area contributed by atoms with E-state index < -0.39 is 15.4 Å². The van der Waals surface area contributed by atoms with Crippen LogP contribution in [-0.4, -0.2) is 31.1 Å². The number of alkyl halides is 1. The molecular weight excluding hydrogens is 314 g/mol. The number of halogens is 1. The average molecular weight is 330 g/mol. The van der Waals surface area contributed by atoms with E-state index in [1.807, 2.05) is 6.07 Å². The minimum atomic E-state index is -3.74. The Labute approximate surface area is 129 Å². The Bertz CT molecular complexity index is 636. The molecule has 0 radical (unpaired) electrons. The first-order chi connectivity index (χ1) is 9.75. The van der Waals surface area contributed by atoms with Gasteiger partial charge in [0.15, 0.2) is 0 Å². The highest BCUT2D eigenvalue weighted by molar-refractivity contribution is 7.89. The van der Waals surface area contributed by atoms with Gasteiger partial charge in [0.05, 0.1) is 17.4 Å². The van der Waals surface area contributed by atoms with Crippen LogP contribution in [0.2, 0.25) is 0 Å². The van der Waals surface area contributed by atoms with Gasteiger partial charge >= 0.3 is 0 Å². The summed E-state index contributed by atoms with van der Waals surface area (Å²) in [5.74, 6) is -0.276. The molecule has 114 valence electrons. The third-order valence-electron chi connectivity index (χ3n) is 2.77. The molecule has 1 atom stereocenters. The zero-order chi connectivity index (χ0) is 16.0. The summed E-state index contributed by atoms with van der Waals surface area (Å²) in [5.41, 5.74) is 0.728. The fourth-order valence-corrected chi connectivity index (χ4v) is 2.36. The normalized spacial score (nSPS) is 12.5. The summed E-state index contributed by atoms with van der Waals surface area (Å²) in [5, 5.41) is 13.0. The van der Waals surface area contributed by atoms with Crippen LogP contribution in [0.3, 0.4) is 0 Å². The molecule has 0 saturated heterocycles. The predicted molar refractivity (Wildman–Crippen MR) is 78.8 cm³/mol. The molecule has 1 unspecified atom stereocenters. The monoisotopic (exact) mass is 329 g/mol. The van der Waals surface area contributed by atoms with E-state index in [1.54, 1.807) is 19.1 Å². The van der Waals surface area contributed by atoms with Gasteiger partial charge in [-0.1, -0.05) is 12.1 Å². The van der Waals surface area contributed by atoms with Gasteiger partial charge in [0.25, 0.3) is 0 Å². The summed E-state index contributed by atoms with van der Waals surface area (Å²) in [4.78, 5) is 13.4. The second-order valence-electron chi connectivity index (χ2n) is 4.47. The lowest BCUT2D eigenvalue weighted by atomic mass is 10.2. The smallest absolute Gasteiger partial charge is 0.240 e. The van der Waals surface area contributed by atoms with Crippen molar-refractivity contribution in [1.29, 1.82) is 5.26 Å². The summed E-state index contributed by atoms with van der Waals surface area (Å²) < 4.78 is 22.3. The number of rotatable bonds is 6. The zero-order valence-corrected chi connectivity index (χ0v) is 13.1. The number of benzene rings is 1. The Morgan fingerprint density at radius 2 is 2.00 bits per heavy atom. The van der Waals surface area contributed by atoms with Gasteiger partial charge in [0, 0.05) is 13.1 Å². The Morgan fingerprint density at radius 3 is 2.43 bits per heavy atom. The molecule has 1 amide bonds. The van der Waals surface area contributed by atoms with Crippen LogP contribution in [-0.2, 0) is 21.4 Å². The maximum atomic E-state index is 11.9. The van der Waals surface area contributed by atoms with E-state index in [-0.39, 0.29) is 30.3 Å². The summed E-state index contributed by atoms with van der Waals surface area (Å²) in [6, 6.07) is 7.88. The maximum Gasteiger partial charge on any atom is 0.240 e. The lowest BCUT2D eigenvalue weighted by Crippen LogP contribution is -2.35. The van der Waals surface area contributed by atoms with Crippen molar-refractivity contribution in [2.75, 3.05) is 6.54 Å². The Balaban J connectivity index is 2.88. The van der Waals surface area contributed by atoms with Crippen LogP contribution in [0.5, 0.6) is 0 Å². The number of nitrogens with zero attached hydrogens (tertiary/aromatic N) is 2. The third kappa shape index (κ3) is 5.34. The lowest BCUT2D eigenvalue weighted by molar-refractivity contribution is -0.131. The number of hydrogen-bond acceptors (Lipinski definition) is 4. The van der Waals surface area contributed by atoms with Gasteiger partial charge in [-0.25, -0.2) is 13.6 Å². The number of carbonyl (C=O) groups is 1. The number of hydrogen-bond donors (Lipinski definition) is 1. The molecule has 8 heteroatoms. The van der Waals surface area contributed by atoms with Gasteiger partial charge in [0.2, 0.25) is 15.9 Å². The van der Waals surface area contributed by atoms with Gasteiger partial charge in [-0.15, -0.1) is 11.6 Å². The maximum absolute atomic E-state index is 11.9. The molecule has 0 aliphatic rings. The molecule has 0 saturated carbocycles. The molecule has 0 heterocycles.